The van der Waals surface area contributed by atoms with Gasteiger partial charge in [0.2, 0.25) is 0 Å². The molecule has 94 valence electrons. The smallest absolute Gasteiger partial charge is 0.141 e. The molecule has 0 heterocycles. The van der Waals surface area contributed by atoms with E-state index in [0.29, 0.717) is 0 Å². The van der Waals surface area contributed by atoms with E-state index >= 15 is 0 Å². The minimum absolute atomic E-state index is 0.0264. The van der Waals surface area contributed by atoms with E-state index < -0.39 is 5.82 Å². The van der Waals surface area contributed by atoms with E-state index in [1.165, 1.54) is 6.07 Å². The normalized spacial score (nSPS) is 12.2. The summed E-state index contributed by atoms with van der Waals surface area (Å²) in [5.74, 6) is 0.394. The second kappa shape index (κ2) is 5.72. The molecule has 1 nitrogen and oxygen atoms in total. The Balaban J connectivity index is 2.28. The Morgan fingerprint density at radius 3 is 2.28 bits per heavy atom. The summed E-state index contributed by atoms with van der Waals surface area (Å²) >= 11 is 9.35. The molecule has 2 aromatic rings. The highest BCUT2D eigenvalue weighted by Crippen LogP contribution is 2.33. The molecule has 1 unspecified atom stereocenters. The van der Waals surface area contributed by atoms with Crippen LogP contribution in [0.15, 0.2) is 42.5 Å². The molecule has 0 aliphatic heterocycles. The molecule has 0 aromatic heterocycles. The summed E-state index contributed by atoms with van der Waals surface area (Å²) in [4.78, 5) is -0.0264. The molecule has 0 radical (unpaired) electrons. The molecule has 0 N–H and O–H groups in total. The number of hydrogen-bond acceptors (Lipinski definition) is 1. The zero-order valence-corrected chi connectivity index (χ0v) is 12.0. The predicted octanol–water partition coefficient (Wildman–Crippen LogP) is 4.97. The number of hydrogen-bond donors (Lipinski definition) is 0. The van der Waals surface area contributed by atoms with Crippen molar-refractivity contribution < 1.29 is 9.13 Å². The summed E-state index contributed by atoms with van der Waals surface area (Å²) in [5, 5.41) is 0.130. The molecule has 0 amide bonds. The van der Waals surface area contributed by atoms with Gasteiger partial charge in [0, 0.05) is 0 Å². The zero-order valence-electron chi connectivity index (χ0n) is 9.66. The van der Waals surface area contributed by atoms with E-state index in [9.17, 15) is 4.39 Å². The van der Waals surface area contributed by atoms with Gasteiger partial charge in [0.05, 0.1) is 17.0 Å². The van der Waals surface area contributed by atoms with Gasteiger partial charge in [-0.05, 0) is 35.4 Å². The van der Waals surface area contributed by atoms with Crippen LogP contribution in [0.25, 0.3) is 0 Å². The molecular formula is C14H11BrClFO. The molecule has 18 heavy (non-hydrogen) atoms. The first-order chi connectivity index (χ1) is 8.61. The van der Waals surface area contributed by atoms with Gasteiger partial charge in [-0.1, -0.05) is 45.7 Å². The first-order valence-electron chi connectivity index (χ1n) is 5.35. The van der Waals surface area contributed by atoms with E-state index in [4.69, 9.17) is 16.3 Å². The highest BCUT2D eigenvalue weighted by Gasteiger charge is 2.12. The third-order valence-corrected chi connectivity index (χ3v) is 3.99. The van der Waals surface area contributed by atoms with Crippen LogP contribution in [0.3, 0.4) is 0 Å². The molecule has 0 spiro atoms. The molecule has 0 fully saturated rings. The molecular weight excluding hydrogens is 319 g/mol. The quantitative estimate of drug-likeness (QED) is 0.722. The summed E-state index contributed by atoms with van der Waals surface area (Å²) in [6.07, 6.45) is 0. The fraction of sp³-hybridized carbons (Fsp3) is 0.143. The molecule has 0 bridgehead atoms. The Bertz CT molecular complexity index is 542. The Kier molecular flexibility index (Phi) is 4.25. The summed E-state index contributed by atoms with van der Waals surface area (Å²) in [7, 11) is 1.63. The Morgan fingerprint density at radius 1 is 1.11 bits per heavy atom. The van der Waals surface area contributed by atoms with Crippen molar-refractivity contribution >= 4 is 27.5 Å². The van der Waals surface area contributed by atoms with Crippen LogP contribution in [-0.4, -0.2) is 7.11 Å². The van der Waals surface area contributed by atoms with Gasteiger partial charge in [-0.3, -0.25) is 0 Å². The molecule has 2 aromatic carbocycles. The lowest BCUT2D eigenvalue weighted by Crippen LogP contribution is -1.94. The zero-order chi connectivity index (χ0) is 13.1. The van der Waals surface area contributed by atoms with Crippen LogP contribution in [0.1, 0.15) is 16.0 Å². The second-order valence-corrected chi connectivity index (χ2v) is 5.13. The van der Waals surface area contributed by atoms with Gasteiger partial charge in [0.1, 0.15) is 11.6 Å². The second-order valence-electron chi connectivity index (χ2n) is 3.81. The van der Waals surface area contributed by atoms with Crippen LogP contribution in [-0.2, 0) is 0 Å². The number of halogens is 3. The van der Waals surface area contributed by atoms with Crippen molar-refractivity contribution in [2.75, 3.05) is 7.11 Å². The van der Waals surface area contributed by atoms with Gasteiger partial charge < -0.3 is 4.74 Å². The number of methoxy groups -OCH3 is 1. The highest BCUT2D eigenvalue weighted by molar-refractivity contribution is 9.09. The van der Waals surface area contributed by atoms with Crippen molar-refractivity contribution in [3.05, 3.63) is 64.4 Å². The van der Waals surface area contributed by atoms with Crippen LogP contribution < -0.4 is 4.74 Å². The van der Waals surface area contributed by atoms with E-state index in [0.717, 1.165) is 16.9 Å². The molecule has 1 atom stereocenters. The Hall–Kier alpha value is -1.06. The number of ether oxygens (including phenoxy) is 1. The fourth-order valence-corrected chi connectivity index (χ4v) is 2.41. The van der Waals surface area contributed by atoms with Gasteiger partial charge >= 0.3 is 0 Å². The Labute approximate surface area is 119 Å². The summed E-state index contributed by atoms with van der Waals surface area (Å²) < 4.78 is 18.2. The molecule has 2 rings (SSSR count). The minimum atomic E-state index is -0.408. The number of alkyl halides is 1. The lowest BCUT2D eigenvalue weighted by atomic mass is 10.0. The first kappa shape index (κ1) is 13.4. The van der Waals surface area contributed by atoms with Crippen molar-refractivity contribution in [1.29, 1.82) is 0 Å². The van der Waals surface area contributed by atoms with Crippen molar-refractivity contribution in [1.82, 2.24) is 0 Å². The first-order valence-corrected chi connectivity index (χ1v) is 6.64. The highest BCUT2D eigenvalue weighted by atomic mass is 79.9. The van der Waals surface area contributed by atoms with Crippen molar-refractivity contribution in [2.45, 2.75) is 4.83 Å². The van der Waals surface area contributed by atoms with Crippen LogP contribution >= 0.6 is 27.5 Å². The van der Waals surface area contributed by atoms with E-state index in [-0.39, 0.29) is 9.85 Å². The topological polar surface area (TPSA) is 9.23 Å². The molecule has 0 aliphatic rings. The largest absolute Gasteiger partial charge is 0.497 e. The van der Waals surface area contributed by atoms with Crippen LogP contribution in [0.2, 0.25) is 5.02 Å². The lowest BCUT2D eigenvalue weighted by molar-refractivity contribution is 0.414. The maximum Gasteiger partial charge on any atom is 0.141 e. The fourth-order valence-electron chi connectivity index (χ4n) is 1.64. The van der Waals surface area contributed by atoms with Gasteiger partial charge in [0.25, 0.3) is 0 Å². The van der Waals surface area contributed by atoms with E-state index in [1.54, 1.807) is 19.2 Å². The summed E-state index contributed by atoms with van der Waals surface area (Å²) in [5.41, 5.74) is 1.96. The van der Waals surface area contributed by atoms with Gasteiger partial charge in [-0.25, -0.2) is 4.39 Å². The summed E-state index contributed by atoms with van der Waals surface area (Å²) in [6, 6.07) is 12.4. The maximum atomic E-state index is 13.1. The average Bonchev–Trinajstić information content (AvgIpc) is 2.41. The van der Waals surface area contributed by atoms with Crippen LogP contribution in [0.5, 0.6) is 5.75 Å². The third kappa shape index (κ3) is 2.85. The molecule has 0 saturated heterocycles. The molecule has 0 saturated carbocycles. The van der Waals surface area contributed by atoms with Gasteiger partial charge in [-0.15, -0.1) is 0 Å². The predicted molar refractivity (Wildman–Crippen MR) is 75.2 cm³/mol. The summed E-state index contributed by atoms with van der Waals surface area (Å²) in [6.45, 7) is 0. The van der Waals surface area contributed by atoms with Crippen molar-refractivity contribution in [3.8, 4) is 5.75 Å². The van der Waals surface area contributed by atoms with E-state index in [1.807, 2.05) is 24.3 Å². The molecule has 0 aliphatic carbocycles. The maximum absolute atomic E-state index is 13.1. The monoisotopic (exact) mass is 328 g/mol. The number of benzene rings is 2. The SMILES string of the molecule is COc1ccc(C(Br)c2ccc(F)c(Cl)c2)cc1. The minimum Gasteiger partial charge on any atom is -0.497 e. The standard InChI is InChI=1S/C14H11BrClFO/c1-18-11-5-2-9(3-6-11)14(15)10-4-7-13(17)12(16)8-10/h2-8,14H,1H3. The average molecular weight is 330 g/mol. The van der Waals surface area contributed by atoms with E-state index in [2.05, 4.69) is 15.9 Å². The van der Waals surface area contributed by atoms with Crippen molar-refractivity contribution in [2.24, 2.45) is 0 Å². The van der Waals surface area contributed by atoms with Crippen molar-refractivity contribution in [3.63, 3.8) is 0 Å². The Morgan fingerprint density at radius 2 is 1.72 bits per heavy atom. The van der Waals surface area contributed by atoms with Crippen LogP contribution in [0, 0.1) is 5.82 Å². The lowest BCUT2D eigenvalue weighted by Gasteiger charge is -2.12. The molecule has 4 heteroatoms. The van der Waals surface area contributed by atoms with Gasteiger partial charge in [0.15, 0.2) is 0 Å². The van der Waals surface area contributed by atoms with Gasteiger partial charge in [-0.2, -0.15) is 0 Å². The van der Waals surface area contributed by atoms with Crippen LogP contribution in [0.4, 0.5) is 4.39 Å². The third-order valence-electron chi connectivity index (χ3n) is 2.64. The number of rotatable bonds is 3.